The Balaban J connectivity index is 2.17. The lowest BCUT2D eigenvalue weighted by Crippen LogP contribution is -2.63. The van der Waals surface area contributed by atoms with Gasteiger partial charge in [0.15, 0.2) is 0 Å². The van der Waals surface area contributed by atoms with Crippen LogP contribution < -0.4 is 10.2 Å². The van der Waals surface area contributed by atoms with Crippen LogP contribution in [0, 0.1) is 6.92 Å². The van der Waals surface area contributed by atoms with E-state index in [9.17, 15) is 4.79 Å². The highest BCUT2D eigenvalue weighted by Gasteiger charge is 2.49. The molecule has 1 N–H and O–H groups in total. The van der Waals surface area contributed by atoms with Crippen molar-refractivity contribution in [2.75, 3.05) is 10.2 Å². The summed E-state index contributed by atoms with van der Waals surface area (Å²) in [6.45, 7) is 6.54. The minimum atomic E-state index is -0.328. The molecular weight excluding hydrogens is 248 g/mol. The Labute approximate surface area is 121 Å². The lowest BCUT2D eigenvalue weighted by molar-refractivity contribution is -0.123. The van der Waals surface area contributed by atoms with Crippen molar-refractivity contribution in [2.45, 2.75) is 64.5 Å². The van der Waals surface area contributed by atoms with Gasteiger partial charge in [-0.25, -0.2) is 0 Å². The van der Waals surface area contributed by atoms with Crippen LogP contribution in [-0.2, 0) is 4.79 Å². The number of carbonyl (C=O) groups excluding carboxylic acids is 1. The molecule has 1 aliphatic carbocycles. The maximum atomic E-state index is 12.8. The highest BCUT2D eigenvalue weighted by Crippen LogP contribution is 2.46. The van der Waals surface area contributed by atoms with E-state index in [1.54, 1.807) is 0 Å². The summed E-state index contributed by atoms with van der Waals surface area (Å²) in [4.78, 5) is 15.2. The molecule has 0 unspecified atom stereocenters. The molecule has 0 saturated heterocycles. The van der Waals surface area contributed by atoms with Gasteiger partial charge in [0.2, 0.25) is 5.91 Å². The number of carbonyl (C=O) groups is 1. The van der Waals surface area contributed by atoms with Crippen LogP contribution in [0.4, 0.5) is 11.4 Å². The molecule has 1 saturated carbocycles. The second-order valence-electron chi connectivity index (χ2n) is 6.48. The average Bonchev–Trinajstić information content (AvgIpc) is 2.42. The van der Waals surface area contributed by atoms with E-state index in [4.69, 9.17) is 0 Å². The van der Waals surface area contributed by atoms with Crippen molar-refractivity contribution in [2.24, 2.45) is 0 Å². The zero-order chi connectivity index (χ0) is 14.3. The van der Waals surface area contributed by atoms with Gasteiger partial charge in [0, 0.05) is 6.04 Å². The number of nitrogens with one attached hydrogen (secondary N) is 1. The SMILES string of the molecule is Cc1cccc2c1N(C(C)C)C1(CCCCC1)C(=O)N2. The number of anilines is 2. The van der Waals surface area contributed by atoms with E-state index in [1.165, 1.54) is 17.7 Å². The molecule has 1 aromatic rings. The summed E-state index contributed by atoms with van der Waals surface area (Å²) in [6.07, 6.45) is 5.51. The standard InChI is InChI=1S/C17H24N2O/c1-12(2)19-15-13(3)8-7-9-14(15)18-16(20)17(19)10-5-4-6-11-17/h7-9,12H,4-6,10-11H2,1-3H3,(H,18,20). The number of fused-ring (bicyclic) bond motifs is 1. The molecule has 0 bridgehead atoms. The molecule has 3 rings (SSSR count). The van der Waals surface area contributed by atoms with Gasteiger partial charge in [-0.3, -0.25) is 4.79 Å². The summed E-state index contributed by atoms with van der Waals surface area (Å²) < 4.78 is 0. The van der Waals surface area contributed by atoms with Gasteiger partial charge in [0.25, 0.3) is 0 Å². The first-order valence-electron chi connectivity index (χ1n) is 7.77. The number of aryl methyl sites for hydroxylation is 1. The lowest BCUT2D eigenvalue weighted by atomic mass is 9.76. The summed E-state index contributed by atoms with van der Waals surface area (Å²) in [5, 5.41) is 3.17. The van der Waals surface area contributed by atoms with Gasteiger partial charge >= 0.3 is 0 Å². The molecule has 2 aliphatic rings. The Morgan fingerprint density at radius 3 is 2.55 bits per heavy atom. The zero-order valence-corrected chi connectivity index (χ0v) is 12.7. The van der Waals surface area contributed by atoms with Crippen LogP contribution in [-0.4, -0.2) is 17.5 Å². The summed E-state index contributed by atoms with van der Waals surface area (Å²) in [5.41, 5.74) is 3.12. The van der Waals surface area contributed by atoms with Crippen molar-refractivity contribution in [1.29, 1.82) is 0 Å². The normalized spacial score (nSPS) is 21.0. The predicted molar refractivity (Wildman–Crippen MR) is 83.2 cm³/mol. The Hall–Kier alpha value is -1.51. The third-order valence-electron chi connectivity index (χ3n) is 4.81. The van der Waals surface area contributed by atoms with Gasteiger partial charge < -0.3 is 10.2 Å². The smallest absolute Gasteiger partial charge is 0.250 e. The third-order valence-corrected chi connectivity index (χ3v) is 4.81. The fourth-order valence-corrected chi connectivity index (χ4v) is 4.00. The third kappa shape index (κ3) is 1.83. The van der Waals surface area contributed by atoms with Crippen molar-refractivity contribution in [3.8, 4) is 0 Å². The molecule has 1 amide bonds. The number of para-hydroxylation sites is 1. The van der Waals surface area contributed by atoms with Gasteiger partial charge in [-0.15, -0.1) is 0 Å². The van der Waals surface area contributed by atoms with Crippen LogP contribution in [0.2, 0.25) is 0 Å². The van der Waals surface area contributed by atoms with Gasteiger partial charge in [0.05, 0.1) is 11.4 Å². The van der Waals surface area contributed by atoms with Crippen LogP contribution in [0.1, 0.15) is 51.5 Å². The maximum absolute atomic E-state index is 12.8. The lowest BCUT2D eigenvalue weighted by Gasteiger charge is -2.52. The second kappa shape index (κ2) is 4.80. The second-order valence-corrected chi connectivity index (χ2v) is 6.48. The fraction of sp³-hybridized carbons (Fsp3) is 0.588. The first kappa shape index (κ1) is 13.5. The van der Waals surface area contributed by atoms with Crippen molar-refractivity contribution >= 4 is 17.3 Å². The molecule has 1 spiro atoms. The van der Waals surface area contributed by atoms with Gasteiger partial charge in [-0.05, 0) is 45.2 Å². The minimum absolute atomic E-state index is 0.198. The highest BCUT2D eigenvalue weighted by molar-refractivity contribution is 6.07. The van der Waals surface area contributed by atoms with Crippen LogP contribution in [0.25, 0.3) is 0 Å². The minimum Gasteiger partial charge on any atom is -0.353 e. The van der Waals surface area contributed by atoms with Crippen molar-refractivity contribution in [1.82, 2.24) is 0 Å². The molecule has 1 heterocycles. The summed E-state index contributed by atoms with van der Waals surface area (Å²) in [7, 11) is 0. The molecule has 0 atom stereocenters. The van der Waals surface area contributed by atoms with Crippen LogP contribution >= 0.6 is 0 Å². The van der Waals surface area contributed by atoms with Gasteiger partial charge in [0.1, 0.15) is 5.54 Å². The van der Waals surface area contributed by atoms with E-state index in [1.807, 2.05) is 12.1 Å². The fourth-order valence-electron chi connectivity index (χ4n) is 4.00. The number of amides is 1. The molecule has 1 fully saturated rings. The molecule has 1 aromatic carbocycles. The Kier molecular flexibility index (Phi) is 3.23. The number of rotatable bonds is 1. The first-order chi connectivity index (χ1) is 9.56. The number of hydrogen-bond donors (Lipinski definition) is 1. The molecule has 20 heavy (non-hydrogen) atoms. The van der Waals surface area contributed by atoms with E-state index in [-0.39, 0.29) is 11.4 Å². The molecule has 108 valence electrons. The van der Waals surface area contributed by atoms with Gasteiger partial charge in [-0.2, -0.15) is 0 Å². The van der Waals surface area contributed by atoms with E-state index in [0.717, 1.165) is 31.4 Å². The molecule has 0 radical (unpaired) electrons. The first-order valence-corrected chi connectivity index (χ1v) is 7.77. The average molecular weight is 272 g/mol. The van der Waals surface area contributed by atoms with E-state index >= 15 is 0 Å². The van der Waals surface area contributed by atoms with Crippen LogP contribution in [0.3, 0.4) is 0 Å². The number of nitrogens with zero attached hydrogens (tertiary/aromatic N) is 1. The maximum Gasteiger partial charge on any atom is 0.250 e. The molecule has 3 nitrogen and oxygen atoms in total. The Bertz CT molecular complexity index is 530. The number of hydrogen-bond acceptors (Lipinski definition) is 2. The monoisotopic (exact) mass is 272 g/mol. The Morgan fingerprint density at radius 2 is 1.90 bits per heavy atom. The molecule has 3 heteroatoms. The zero-order valence-electron chi connectivity index (χ0n) is 12.7. The molecule has 0 aromatic heterocycles. The van der Waals surface area contributed by atoms with Crippen LogP contribution in [0.15, 0.2) is 18.2 Å². The quantitative estimate of drug-likeness (QED) is 0.841. The molecule has 1 aliphatic heterocycles. The van der Waals surface area contributed by atoms with Crippen molar-refractivity contribution in [3.63, 3.8) is 0 Å². The predicted octanol–water partition coefficient (Wildman–Crippen LogP) is 3.86. The highest BCUT2D eigenvalue weighted by atomic mass is 16.2. The summed E-state index contributed by atoms with van der Waals surface area (Å²) in [5.74, 6) is 0.198. The molecular formula is C17H24N2O. The summed E-state index contributed by atoms with van der Waals surface area (Å²) in [6, 6.07) is 6.51. The van der Waals surface area contributed by atoms with Crippen molar-refractivity contribution in [3.05, 3.63) is 23.8 Å². The summed E-state index contributed by atoms with van der Waals surface area (Å²) >= 11 is 0. The number of benzene rings is 1. The van der Waals surface area contributed by atoms with E-state index < -0.39 is 0 Å². The largest absolute Gasteiger partial charge is 0.353 e. The van der Waals surface area contributed by atoms with Gasteiger partial charge in [-0.1, -0.05) is 31.4 Å². The van der Waals surface area contributed by atoms with E-state index in [0.29, 0.717) is 6.04 Å². The topological polar surface area (TPSA) is 32.3 Å². The Morgan fingerprint density at radius 1 is 1.20 bits per heavy atom. The van der Waals surface area contributed by atoms with Crippen LogP contribution in [0.5, 0.6) is 0 Å². The van der Waals surface area contributed by atoms with Crippen molar-refractivity contribution < 1.29 is 4.79 Å². The van der Waals surface area contributed by atoms with E-state index in [2.05, 4.69) is 37.1 Å².